The van der Waals surface area contributed by atoms with Crippen molar-refractivity contribution in [2.24, 2.45) is 0 Å². The van der Waals surface area contributed by atoms with E-state index in [2.05, 4.69) is 48.1 Å². The Hall–Kier alpha value is -3.75. The second-order valence-electron chi connectivity index (χ2n) is 8.69. The molecule has 0 radical (unpaired) electrons. The number of hydrogen-bond acceptors (Lipinski definition) is 6. The minimum absolute atomic E-state index is 0.0636. The number of nitrogens with one attached hydrogen (secondary N) is 1. The molecule has 0 bridgehead atoms. The van der Waals surface area contributed by atoms with Gasteiger partial charge in [-0.3, -0.25) is 5.10 Å². The van der Waals surface area contributed by atoms with Crippen LogP contribution in [0.4, 0.5) is 0 Å². The van der Waals surface area contributed by atoms with Gasteiger partial charge in [0.1, 0.15) is 11.5 Å². The zero-order chi connectivity index (χ0) is 27.2. The number of benzene rings is 3. The molecule has 1 heterocycles. The van der Waals surface area contributed by atoms with Crippen LogP contribution in [-0.2, 0) is 11.4 Å². The maximum Gasteiger partial charge on any atom is 0.342 e. The normalized spacial score (nSPS) is 11.4. The number of hydrogen-bond donors (Lipinski definition) is 2. The van der Waals surface area contributed by atoms with E-state index in [9.17, 15) is 9.90 Å². The van der Waals surface area contributed by atoms with Crippen LogP contribution in [0.15, 0.2) is 64.7 Å². The highest BCUT2D eigenvalue weighted by atomic mass is 35.5. The van der Waals surface area contributed by atoms with E-state index in [0.717, 1.165) is 22.9 Å². The van der Waals surface area contributed by atoms with E-state index in [1.165, 1.54) is 16.7 Å². The van der Waals surface area contributed by atoms with Crippen LogP contribution in [0, 0.1) is 20.8 Å². The van der Waals surface area contributed by atoms with Crippen molar-refractivity contribution in [2.75, 3.05) is 6.61 Å². The van der Waals surface area contributed by atoms with Gasteiger partial charge in [0.15, 0.2) is 17.3 Å². The number of ether oxygens (including phenoxy) is 2. The Morgan fingerprint density at radius 3 is 2.39 bits per heavy atom. The standard InChI is InChI=1S/C29H28ClN3O4S/c1-5-36-25-14-20(6-11-24(25)37-16-23-18(3)12-17(2)13-19(23)4)15-26(28(34)35)38-29-31-27(32-33-29)21-7-9-22(30)10-8-21/h6-15H,5,16H2,1-4H3,(H,34,35)(H,31,32,33)/b26-15-. The summed E-state index contributed by atoms with van der Waals surface area (Å²) in [6.45, 7) is 8.97. The molecule has 38 heavy (non-hydrogen) atoms. The number of halogens is 1. The van der Waals surface area contributed by atoms with Crippen LogP contribution >= 0.6 is 23.4 Å². The highest BCUT2D eigenvalue weighted by Crippen LogP contribution is 2.33. The molecule has 0 unspecified atom stereocenters. The summed E-state index contributed by atoms with van der Waals surface area (Å²) in [5.41, 5.74) is 6.15. The topological polar surface area (TPSA) is 97.3 Å². The molecule has 9 heteroatoms. The first-order valence-electron chi connectivity index (χ1n) is 12.0. The lowest BCUT2D eigenvalue weighted by Gasteiger charge is -2.16. The molecule has 0 fully saturated rings. The predicted molar refractivity (Wildman–Crippen MR) is 151 cm³/mol. The van der Waals surface area contributed by atoms with Gasteiger partial charge in [0.2, 0.25) is 5.16 Å². The lowest BCUT2D eigenvalue weighted by atomic mass is 10.0. The third kappa shape index (κ3) is 6.76. The fourth-order valence-electron chi connectivity index (χ4n) is 4.00. The summed E-state index contributed by atoms with van der Waals surface area (Å²) in [5.74, 6) is 0.570. The molecule has 0 amide bonds. The molecule has 0 saturated carbocycles. The van der Waals surface area contributed by atoms with Crippen LogP contribution in [0.3, 0.4) is 0 Å². The van der Waals surface area contributed by atoms with E-state index in [1.807, 2.05) is 19.1 Å². The molecule has 3 aromatic carbocycles. The Bertz CT molecular complexity index is 1460. The molecule has 2 N–H and O–H groups in total. The molecule has 0 saturated heterocycles. The van der Waals surface area contributed by atoms with Gasteiger partial charge in [-0.1, -0.05) is 35.4 Å². The Morgan fingerprint density at radius 1 is 1.03 bits per heavy atom. The van der Waals surface area contributed by atoms with E-state index >= 15 is 0 Å². The first-order valence-corrected chi connectivity index (χ1v) is 13.2. The summed E-state index contributed by atoms with van der Waals surface area (Å²) in [7, 11) is 0. The number of aromatic nitrogens is 3. The van der Waals surface area contributed by atoms with Crippen molar-refractivity contribution in [2.45, 2.75) is 39.5 Å². The first kappa shape index (κ1) is 27.3. The van der Waals surface area contributed by atoms with Gasteiger partial charge in [0.05, 0.1) is 6.61 Å². The van der Waals surface area contributed by atoms with Crippen LogP contribution in [0.25, 0.3) is 17.5 Å². The average Bonchev–Trinajstić information content (AvgIpc) is 3.33. The third-order valence-electron chi connectivity index (χ3n) is 5.77. The number of carbonyl (C=O) groups is 1. The van der Waals surface area contributed by atoms with Crippen molar-refractivity contribution in [1.29, 1.82) is 0 Å². The van der Waals surface area contributed by atoms with Gasteiger partial charge in [-0.05, 0) is 104 Å². The van der Waals surface area contributed by atoms with Gasteiger partial charge in [-0.15, -0.1) is 5.10 Å². The molecule has 0 aliphatic rings. The minimum Gasteiger partial charge on any atom is -0.490 e. The Morgan fingerprint density at radius 2 is 1.74 bits per heavy atom. The molecular weight excluding hydrogens is 522 g/mol. The molecule has 1 aromatic heterocycles. The lowest BCUT2D eigenvalue weighted by molar-refractivity contribution is -0.131. The largest absolute Gasteiger partial charge is 0.490 e. The molecule has 4 rings (SSSR count). The third-order valence-corrected chi connectivity index (χ3v) is 6.90. The number of nitrogens with zero attached hydrogens (tertiary/aromatic N) is 2. The van der Waals surface area contributed by atoms with Crippen molar-refractivity contribution in [3.8, 4) is 22.9 Å². The van der Waals surface area contributed by atoms with E-state index in [0.29, 0.717) is 41.1 Å². The van der Waals surface area contributed by atoms with Crippen LogP contribution in [-0.4, -0.2) is 32.9 Å². The van der Waals surface area contributed by atoms with Crippen molar-refractivity contribution in [1.82, 2.24) is 15.2 Å². The predicted octanol–water partition coefficient (Wildman–Crippen LogP) is 7.25. The van der Waals surface area contributed by atoms with Gasteiger partial charge in [0.25, 0.3) is 0 Å². The van der Waals surface area contributed by atoms with E-state index in [-0.39, 0.29) is 10.1 Å². The van der Waals surface area contributed by atoms with Crippen molar-refractivity contribution in [3.05, 3.63) is 92.3 Å². The first-order chi connectivity index (χ1) is 18.2. The molecule has 7 nitrogen and oxygen atoms in total. The Labute approximate surface area is 230 Å². The van der Waals surface area contributed by atoms with Gasteiger partial charge < -0.3 is 14.6 Å². The minimum atomic E-state index is -1.09. The summed E-state index contributed by atoms with van der Waals surface area (Å²) in [6, 6.07) is 16.8. The second kappa shape index (κ2) is 12.2. The second-order valence-corrected chi connectivity index (χ2v) is 10.1. The maximum absolute atomic E-state index is 12.0. The summed E-state index contributed by atoms with van der Waals surface area (Å²) in [4.78, 5) is 16.5. The number of aryl methyl sites for hydroxylation is 3. The quantitative estimate of drug-likeness (QED) is 0.159. The smallest absolute Gasteiger partial charge is 0.342 e. The summed E-state index contributed by atoms with van der Waals surface area (Å²) >= 11 is 6.90. The molecule has 0 aliphatic carbocycles. The number of H-pyrrole nitrogens is 1. The van der Waals surface area contributed by atoms with E-state index in [4.69, 9.17) is 21.1 Å². The van der Waals surface area contributed by atoms with Crippen LogP contribution < -0.4 is 9.47 Å². The van der Waals surface area contributed by atoms with Gasteiger partial charge in [-0.2, -0.15) is 0 Å². The number of carboxylic acid groups (broad SMARTS) is 1. The highest BCUT2D eigenvalue weighted by molar-refractivity contribution is 8.04. The summed E-state index contributed by atoms with van der Waals surface area (Å²) in [5, 5.41) is 17.7. The fourth-order valence-corrected chi connectivity index (χ4v) is 4.84. The van der Waals surface area contributed by atoms with Gasteiger partial charge in [-0.25, -0.2) is 9.78 Å². The SMILES string of the molecule is CCOc1cc(/C=C(\Sc2n[nH]c(-c3ccc(Cl)cc3)n2)C(=O)O)ccc1OCc1c(C)cc(C)cc1C. The Balaban J connectivity index is 1.54. The molecular formula is C29H28ClN3O4S. The van der Waals surface area contributed by atoms with Crippen molar-refractivity contribution < 1.29 is 19.4 Å². The zero-order valence-electron chi connectivity index (χ0n) is 21.5. The monoisotopic (exact) mass is 549 g/mol. The zero-order valence-corrected chi connectivity index (χ0v) is 23.1. The number of aromatic amines is 1. The molecule has 4 aromatic rings. The van der Waals surface area contributed by atoms with Crippen molar-refractivity contribution >= 4 is 35.4 Å². The van der Waals surface area contributed by atoms with Crippen molar-refractivity contribution in [3.63, 3.8) is 0 Å². The Kier molecular flexibility index (Phi) is 8.76. The van der Waals surface area contributed by atoms with Crippen LogP contribution in [0.2, 0.25) is 5.02 Å². The fraction of sp³-hybridized carbons (Fsp3) is 0.207. The van der Waals surface area contributed by atoms with Crippen LogP contribution in [0.5, 0.6) is 11.5 Å². The van der Waals surface area contributed by atoms with E-state index in [1.54, 1.807) is 36.4 Å². The van der Waals surface area contributed by atoms with Gasteiger partial charge >= 0.3 is 5.97 Å². The molecule has 0 atom stereocenters. The number of thioether (sulfide) groups is 1. The number of carboxylic acids is 1. The maximum atomic E-state index is 12.0. The van der Waals surface area contributed by atoms with E-state index < -0.39 is 5.97 Å². The average molecular weight is 550 g/mol. The molecule has 196 valence electrons. The highest BCUT2D eigenvalue weighted by Gasteiger charge is 2.16. The number of rotatable bonds is 10. The van der Waals surface area contributed by atoms with Gasteiger partial charge in [0, 0.05) is 10.6 Å². The van der Waals surface area contributed by atoms with Crippen LogP contribution in [0.1, 0.15) is 34.7 Å². The molecule has 0 aliphatic heterocycles. The lowest BCUT2D eigenvalue weighted by Crippen LogP contribution is -2.03. The number of aliphatic carboxylic acids is 1. The summed E-state index contributed by atoms with van der Waals surface area (Å²) in [6.07, 6.45) is 1.56. The molecule has 0 spiro atoms. The summed E-state index contributed by atoms with van der Waals surface area (Å²) < 4.78 is 12.0.